The van der Waals surface area contributed by atoms with Crippen molar-refractivity contribution in [3.63, 3.8) is 0 Å². The van der Waals surface area contributed by atoms with Crippen molar-refractivity contribution < 1.29 is 4.74 Å². The van der Waals surface area contributed by atoms with Gasteiger partial charge in [-0.25, -0.2) is 0 Å². The highest BCUT2D eigenvalue weighted by Gasteiger charge is 2.29. The lowest BCUT2D eigenvalue weighted by Gasteiger charge is -2.37. The molecule has 1 aliphatic rings. The molecule has 3 unspecified atom stereocenters. The second kappa shape index (κ2) is 9.04. The van der Waals surface area contributed by atoms with Crippen LogP contribution in [0.5, 0.6) is 0 Å². The number of hydrogen-bond donors (Lipinski definition) is 1. The largest absolute Gasteiger partial charge is 0.376 e. The van der Waals surface area contributed by atoms with E-state index in [1.807, 2.05) is 0 Å². The molecule has 0 heterocycles. The minimum Gasteiger partial charge on any atom is -0.376 e. The Bertz CT molecular complexity index is 246. The molecule has 1 fully saturated rings. The lowest BCUT2D eigenvalue weighted by Crippen LogP contribution is -2.41. The average molecular weight is 283 g/mol. The van der Waals surface area contributed by atoms with Gasteiger partial charge in [0.25, 0.3) is 0 Å². The van der Waals surface area contributed by atoms with Gasteiger partial charge in [0, 0.05) is 12.6 Å². The van der Waals surface area contributed by atoms with Crippen LogP contribution >= 0.6 is 0 Å². The second-order valence-electron chi connectivity index (χ2n) is 7.54. The molecule has 0 aromatic rings. The fourth-order valence-electron chi connectivity index (χ4n) is 3.47. The molecule has 0 amide bonds. The molecular formula is C18H37NO. The Morgan fingerprint density at radius 3 is 2.40 bits per heavy atom. The summed E-state index contributed by atoms with van der Waals surface area (Å²) in [6.07, 6.45) is 9.40. The first kappa shape index (κ1) is 18.0. The summed E-state index contributed by atoms with van der Waals surface area (Å²) in [6, 6.07) is 0.728. The van der Waals surface area contributed by atoms with Gasteiger partial charge in [-0.15, -0.1) is 0 Å². The third kappa shape index (κ3) is 7.08. The van der Waals surface area contributed by atoms with Crippen molar-refractivity contribution in [3.05, 3.63) is 0 Å². The molecule has 0 aliphatic heterocycles. The topological polar surface area (TPSA) is 21.3 Å². The zero-order valence-corrected chi connectivity index (χ0v) is 14.5. The van der Waals surface area contributed by atoms with E-state index in [0.717, 1.165) is 24.5 Å². The van der Waals surface area contributed by atoms with Crippen molar-refractivity contribution >= 4 is 0 Å². The van der Waals surface area contributed by atoms with E-state index in [1.54, 1.807) is 0 Å². The van der Waals surface area contributed by atoms with E-state index in [-0.39, 0.29) is 5.60 Å². The van der Waals surface area contributed by atoms with E-state index in [4.69, 9.17) is 4.74 Å². The van der Waals surface area contributed by atoms with E-state index < -0.39 is 0 Å². The Morgan fingerprint density at radius 1 is 1.05 bits per heavy atom. The van der Waals surface area contributed by atoms with E-state index in [1.165, 1.54) is 51.5 Å². The minimum absolute atomic E-state index is 0.00380. The third-order valence-corrected chi connectivity index (χ3v) is 4.47. The van der Waals surface area contributed by atoms with Crippen LogP contribution in [-0.2, 0) is 4.74 Å². The van der Waals surface area contributed by atoms with Gasteiger partial charge in [-0.3, -0.25) is 0 Å². The van der Waals surface area contributed by atoms with E-state index in [2.05, 4.69) is 39.9 Å². The van der Waals surface area contributed by atoms with Crippen LogP contribution in [0.15, 0.2) is 0 Å². The van der Waals surface area contributed by atoms with Crippen molar-refractivity contribution in [3.8, 4) is 0 Å². The molecule has 0 aromatic heterocycles. The third-order valence-electron chi connectivity index (χ3n) is 4.47. The highest BCUT2D eigenvalue weighted by Crippen LogP contribution is 2.34. The van der Waals surface area contributed by atoms with Crippen LogP contribution < -0.4 is 5.32 Å². The van der Waals surface area contributed by atoms with Crippen molar-refractivity contribution in [2.45, 2.75) is 91.2 Å². The van der Waals surface area contributed by atoms with Gasteiger partial charge >= 0.3 is 0 Å². The monoisotopic (exact) mass is 283 g/mol. The molecule has 1 saturated carbocycles. The van der Waals surface area contributed by atoms with Gasteiger partial charge in [0.05, 0.1) is 5.60 Å². The van der Waals surface area contributed by atoms with Crippen LogP contribution in [-0.4, -0.2) is 24.8 Å². The van der Waals surface area contributed by atoms with Gasteiger partial charge in [0.1, 0.15) is 0 Å². The summed E-state index contributed by atoms with van der Waals surface area (Å²) in [7, 11) is 0. The predicted octanol–water partition coefficient (Wildman–Crippen LogP) is 4.78. The second-order valence-corrected chi connectivity index (χ2v) is 7.54. The summed E-state index contributed by atoms with van der Waals surface area (Å²) in [5, 5.41) is 3.78. The molecule has 120 valence electrons. The molecule has 0 radical (unpaired) electrons. The molecule has 1 rings (SSSR count). The maximum atomic E-state index is 5.95. The van der Waals surface area contributed by atoms with Gasteiger partial charge in [-0.2, -0.15) is 0 Å². The molecule has 2 nitrogen and oxygen atoms in total. The number of hydrogen-bond acceptors (Lipinski definition) is 2. The SMILES string of the molecule is CCCNC1CCC(CCC)CC1CCOC(C)(C)C. The van der Waals surface area contributed by atoms with Gasteiger partial charge in [-0.1, -0.05) is 26.7 Å². The van der Waals surface area contributed by atoms with Crippen molar-refractivity contribution in [1.82, 2.24) is 5.32 Å². The molecule has 2 heteroatoms. The smallest absolute Gasteiger partial charge is 0.0598 e. The molecule has 0 spiro atoms. The molecular weight excluding hydrogens is 246 g/mol. The van der Waals surface area contributed by atoms with Gasteiger partial charge in [0.2, 0.25) is 0 Å². The fraction of sp³-hybridized carbons (Fsp3) is 1.00. The Kier molecular flexibility index (Phi) is 8.13. The first-order valence-electron chi connectivity index (χ1n) is 8.83. The summed E-state index contributed by atoms with van der Waals surface area (Å²) in [6.45, 7) is 13.1. The Hall–Kier alpha value is -0.0800. The maximum Gasteiger partial charge on any atom is 0.0598 e. The molecule has 0 saturated heterocycles. The molecule has 0 aromatic carbocycles. The van der Waals surface area contributed by atoms with Gasteiger partial charge in [0.15, 0.2) is 0 Å². The van der Waals surface area contributed by atoms with Crippen molar-refractivity contribution in [2.24, 2.45) is 11.8 Å². The van der Waals surface area contributed by atoms with E-state index in [0.29, 0.717) is 0 Å². The Labute approximate surface area is 127 Å². The van der Waals surface area contributed by atoms with Crippen LogP contribution in [0.2, 0.25) is 0 Å². The van der Waals surface area contributed by atoms with Crippen LogP contribution in [0.1, 0.15) is 79.6 Å². The predicted molar refractivity (Wildman–Crippen MR) is 88.1 cm³/mol. The molecule has 1 N–H and O–H groups in total. The standard InChI is InChI=1S/C18H37NO/c1-6-8-15-9-10-17(19-12-7-2)16(14-15)11-13-20-18(3,4)5/h15-17,19H,6-14H2,1-5H3. The zero-order valence-electron chi connectivity index (χ0n) is 14.5. The lowest BCUT2D eigenvalue weighted by molar-refractivity contribution is -0.0147. The number of rotatable bonds is 8. The molecule has 1 aliphatic carbocycles. The van der Waals surface area contributed by atoms with E-state index >= 15 is 0 Å². The summed E-state index contributed by atoms with van der Waals surface area (Å²) in [5.74, 6) is 1.77. The summed E-state index contributed by atoms with van der Waals surface area (Å²) < 4.78 is 5.95. The normalized spacial score (nSPS) is 27.8. The summed E-state index contributed by atoms with van der Waals surface area (Å²) in [5.41, 5.74) is 0.00380. The maximum absolute atomic E-state index is 5.95. The highest BCUT2D eigenvalue weighted by molar-refractivity contribution is 4.85. The van der Waals surface area contributed by atoms with Crippen molar-refractivity contribution in [2.75, 3.05) is 13.2 Å². The number of ether oxygens (including phenoxy) is 1. The Morgan fingerprint density at radius 2 is 1.80 bits per heavy atom. The average Bonchev–Trinajstić information content (AvgIpc) is 2.37. The summed E-state index contributed by atoms with van der Waals surface area (Å²) in [4.78, 5) is 0. The van der Waals surface area contributed by atoms with Crippen LogP contribution in [0.4, 0.5) is 0 Å². The van der Waals surface area contributed by atoms with Crippen LogP contribution in [0.3, 0.4) is 0 Å². The zero-order chi connectivity index (χ0) is 15.0. The van der Waals surface area contributed by atoms with Crippen molar-refractivity contribution in [1.29, 1.82) is 0 Å². The van der Waals surface area contributed by atoms with E-state index in [9.17, 15) is 0 Å². The van der Waals surface area contributed by atoms with Gasteiger partial charge < -0.3 is 10.1 Å². The van der Waals surface area contributed by atoms with Crippen LogP contribution in [0, 0.1) is 11.8 Å². The Balaban J connectivity index is 2.43. The van der Waals surface area contributed by atoms with Crippen LogP contribution in [0.25, 0.3) is 0 Å². The van der Waals surface area contributed by atoms with Gasteiger partial charge in [-0.05, 0) is 71.3 Å². The molecule has 3 atom stereocenters. The first-order valence-corrected chi connectivity index (χ1v) is 8.83. The molecule has 0 bridgehead atoms. The first-order chi connectivity index (χ1) is 9.46. The highest BCUT2D eigenvalue weighted by atomic mass is 16.5. The fourth-order valence-corrected chi connectivity index (χ4v) is 3.47. The minimum atomic E-state index is 0.00380. The quantitative estimate of drug-likeness (QED) is 0.692. The summed E-state index contributed by atoms with van der Waals surface area (Å²) >= 11 is 0. The molecule has 20 heavy (non-hydrogen) atoms. The lowest BCUT2D eigenvalue weighted by atomic mass is 9.75. The number of nitrogens with one attached hydrogen (secondary N) is 1.